The van der Waals surface area contributed by atoms with Crippen LogP contribution in [0.15, 0.2) is 30.3 Å². The van der Waals surface area contributed by atoms with Gasteiger partial charge in [0.25, 0.3) is 0 Å². The summed E-state index contributed by atoms with van der Waals surface area (Å²) in [6.07, 6.45) is -0.698. The predicted molar refractivity (Wildman–Crippen MR) is 82.4 cm³/mol. The maximum absolute atomic E-state index is 9.44. The summed E-state index contributed by atoms with van der Waals surface area (Å²) in [5.74, 6) is 2.02. The quantitative estimate of drug-likeness (QED) is 0.680. The number of hydrogen-bond acceptors (Lipinski definition) is 4. The lowest BCUT2D eigenvalue weighted by molar-refractivity contribution is 0.0876. The number of nitrogens with zero attached hydrogens (tertiary/aromatic N) is 1. The third-order valence-corrected chi connectivity index (χ3v) is 3.72. The largest absolute Gasteiger partial charge is 0.392 e. The molecule has 0 aromatic heterocycles. The highest BCUT2D eigenvalue weighted by Crippen LogP contribution is 2.12. The van der Waals surface area contributed by atoms with Crippen molar-refractivity contribution in [2.24, 2.45) is 0 Å². The highest BCUT2D eigenvalue weighted by atomic mass is 32.2. The summed E-state index contributed by atoms with van der Waals surface area (Å²) in [5.41, 5.74) is 1.34. The van der Waals surface area contributed by atoms with E-state index >= 15 is 0 Å². The van der Waals surface area contributed by atoms with Gasteiger partial charge in [0.15, 0.2) is 0 Å². The maximum atomic E-state index is 9.44. The van der Waals surface area contributed by atoms with E-state index in [0.29, 0.717) is 13.1 Å². The minimum absolute atomic E-state index is 0.349. The van der Waals surface area contributed by atoms with Crippen molar-refractivity contribution in [2.75, 3.05) is 25.4 Å². The molecule has 0 saturated carbocycles. The minimum atomic E-state index is -0.349. The Morgan fingerprint density at radius 1 is 1.05 bits per heavy atom. The van der Waals surface area contributed by atoms with E-state index in [1.54, 1.807) is 13.8 Å². The number of hydrogen-bond donors (Lipinski definition) is 2. The van der Waals surface area contributed by atoms with Crippen LogP contribution in [0.1, 0.15) is 19.4 Å². The first kappa shape index (κ1) is 16.5. The minimum Gasteiger partial charge on any atom is -0.392 e. The Hall–Kier alpha value is -0.550. The molecular weight excluding hydrogens is 258 g/mol. The monoisotopic (exact) mass is 283 g/mol. The van der Waals surface area contributed by atoms with Crippen LogP contribution in [-0.4, -0.2) is 52.7 Å². The molecule has 0 heterocycles. The lowest BCUT2D eigenvalue weighted by atomic mass is 10.2. The average molecular weight is 283 g/mol. The summed E-state index contributed by atoms with van der Waals surface area (Å²) < 4.78 is 0. The molecule has 0 saturated heterocycles. The van der Waals surface area contributed by atoms with Gasteiger partial charge in [0, 0.05) is 31.1 Å². The number of aliphatic hydroxyl groups is 2. The van der Waals surface area contributed by atoms with Crippen LogP contribution in [0.25, 0.3) is 0 Å². The number of thioether (sulfide) groups is 1. The van der Waals surface area contributed by atoms with Crippen molar-refractivity contribution in [3.8, 4) is 0 Å². The molecule has 1 rings (SSSR count). The Balaban J connectivity index is 2.23. The van der Waals surface area contributed by atoms with Gasteiger partial charge in [0.2, 0.25) is 0 Å². The molecular formula is C15H25NO2S. The molecule has 0 amide bonds. The van der Waals surface area contributed by atoms with E-state index in [9.17, 15) is 10.2 Å². The summed E-state index contributed by atoms with van der Waals surface area (Å²) >= 11 is 1.88. The number of rotatable bonds is 9. The van der Waals surface area contributed by atoms with E-state index < -0.39 is 0 Å². The molecule has 19 heavy (non-hydrogen) atoms. The SMILES string of the molecule is CC(O)CN(CCSCc1ccccc1)CC(C)O. The van der Waals surface area contributed by atoms with Crippen LogP contribution < -0.4 is 0 Å². The summed E-state index contributed by atoms with van der Waals surface area (Å²) in [6, 6.07) is 10.4. The zero-order valence-corrected chi connectivity index (χ0v) is 12.6. The normalized spacial score (nSPS) is 14.6. The van der Waals surface area contributed by atoms with Gasteiger partial charge in [-0.2, -0.15) is 11.8 Å². The fourth-order valence-electron chi connectivity index (χ4n) is 1.96. The molecule has 2 atom stereocenters. The predicted octanol–water partition coefficient (Wildman–Crippen LogP) is 1.98. The Kier molecular flexibility index (Phi) is 8.14. The zero-order chi connectivity index (χ0) is 14.1. The van der Waals surface area contributed by atoms with Crippen LogP contribution in [0.4, 0.5) is 0 Å². The van der Waals surface area contributed by atoms with Gasteiger partial charge in [-0.15, -0.1) is 0 Å². The summed E-state index contributed by atoms with van der Waals surface area (Å²) in [4.78, 5) is 2.12. The van der Waals surface area contributed by atoms with Gasteiger partial charge in [0.05, 0.1) is 12.2 Å². The van der Waals surface area contributed by atoms with E-state index in [-0.39, 0.29) is 12.2 Å². The fraction of sp³-hybridized carbons (Fsp3) is 0.600. The smallest absolute Gasteiger partial charge is 0.0639 e. The molecule has 4 heteroatoms. The van der Waals surface area contributed by atoms with E-state index in [1.807, 2.05) is 17.8 Å². The van der Waals surface area contributed by atoms with Crippen LogP contribution in [0.3, 0.4) is 0 Å². The molecule has 0 aliphatic carbocycles. The maximum Gasteiger partial charge on any atom is 0.0639 e. The summed E-state index contributed by atoms with van der Waals surface area (Å²) in [7, 11) is 0. The third kappa shape index (κ3) is 8.26. The fourth-order valence-corrected chi connectivity index (χ4v) is 2.92. The Morgan fingerprint density at radius 2 is 1.63 bits per heavy atom. The topological polar surface area (TPSA) is 43.7 Å². The van der Waals surface area contributed by atoms with Crippen LogP contribution in [0, 0.1) is 0 Å². The molecule has 0 aliphatic rings. The summed E-state index contributed by atoms with van der Waals surface area (Å²) in [6.45, 7) is 5.71. The first-order chi connectivity index (χ1) is 9.08. The van der Waals surface area contributed by atoms with Crippen molar-refractivity contribution >= 4 is 11.8 Å². The van der Waals surface area contributed by atoms with Gasteiger partial charge >= 0.3 is 0 Å². The van der Waals surface area contributed by atoms with E-state index in [0.717, 1.165) is 18.1 Å². The molecule has 0 radical (unpaired) electrons. The van der Waals surface area contributed by atoms with Gasteiger partial charge in [-0.25, -0.2) is 0 Å². The van der Waals surface area contributed by atoms with Crippen LogP contribution in [0.5, 0.6) is 0 Å². The van der Waals surface area contributed by atoms with Crippen molar-refractivity contribution in [2.45, 2.75) is 31.8 Å². The van der Waals surface area contributed by atoms with Gasteiger partial charge in [-0.05, 0) is 19.4 Å². The standard InChI is InChI=1S/C15H25NO2S/c1-13(17)10-16(11-14(2)18)8-9-19-12-15-6-4-3-5-7-15/h3-7,13-14,17-18H,8-12H2,1-2H3. The van der Waals surface area contributed by atoms with Crippen molar-refractivity contribution in [1.82, 2.24) is 4.90 Å². The van der Waals surface area contributed by atoms with Crippen LogP contribution >= 0.6 is 11.8 Å². The zero-order valence-electron chi connectivity index (χ0n) is 11.8. The van der Waals surface area contributed by atoms with Gasteiger partial charge < -0.3 is 10.2 Å². The second kappa shape index (κ2) is 9.37. The molecule has 108 valence electrons. The molecule has 2 unspecified atom stereocenters. The van der Waals surface area contributed by atoms with Crippen LogP contribution in [-0.2, 0) is 5.75 Å². The Labute approximate surface area is 120 Å². The molecule has 1 aromatic carbocycles. The van der Waals surface area contributed by atoms with E-state index in [4.69, 9.17) is 0 Å². The molecule has 2 N–H and O–H groups in total. The highest BCUT2D eigenvalue weighted by molar-refractivity contribution is 7.98. The lowest BCUT2D eigenvalue weighted by Gasteiger charge is -2.24. The van der Waals surface area contributed by atoms with E-state index in [1.165, 1.54) is 5.56 Å². The van der Waals surface area contributed by atoms with E-state index in [2.05, 4.69) is 29.2 Å². The third-order valence-electron chi connectivity index (χ3n) is 2.71. The molecule has 0 aliphatic heterocycles. The van der Waals surface area contributed by atoms with Gasteiger partial charge in [-0.1, -0.05) is 30.3 Å². The average Bonchev–Trinajstić information content (AvgIpc) is 2.34. The number of aliphatic hydroxyl groups excluding tert-OH is 2. The molecule has 3 nitrogen and oxygen atoms in total. The second-order valence-electron chi connectivity index (χ2n) is 5.00. The second-order valence-corrected chi connectivity index (χ2v) is 6.10. The van der Waals surface area contributed by atoms with Crippen molar-refractivity contribution in [3.05, 3.63) is 35.9 Å². The first-order valence-electron chi connectivity index (χ1n) is 6.78. The Morgan fingerprint density at radius 3 is 2.16 bits per heavy atom. The summed E-state index contributed by atoms with van der Waals surface area (Å²) in [5, 5.41) is 18.9. The van der Waals surface area contributed by atoms with Crippen molar-refractivity contribution in [3.63, 3.8) is 0 Å². The van der Waals surface area contributed by atoms with Gasteiger partial charge in [0.1, 0.15) is 0 Å². The molecule has 1 aromatic rings. The van der Waals surface area contributed by atoms with Crippen molar-refractivity contribution in [1.29, 1.82) is 0 Å². The van der Waals surface area contributed by atoms with Crippen molar-refractivity contribution < 1.29 is 10.2 Å². The van der Waals surface area contributed by atoms with Gasteiger partial charge in [-0.3, -0.25) is 4.90 Å². The molecule has 0 fully saturated rings. The molecule has 0 bridgehead atoms. The first-order valence-corrected chi connectivity index (χ1v) is 7.93. The highest BCUT2D eigenvalue weighted by Gasteiger charge is 2.10. The van der Waals surface area contributed by atoms with Crippen LogP contribution in [0.2, 0.25) is 0 Å². The number of benzene rings is 1. The lowest BCUT2D eigenvalue weighted by Crippen LogP contribution is -2.37. The molecule has 0 spiro atoms. The Bertz CT molecular complexity index is 320.